The Labute approximate surface area is 151 Å². The van der Waals surface area contributed by atoms with Gasteiger partial charge in [-0.15, -0.1) is 0 Å². The number of hydrogen-bond donors (Lipinski definition) is 0. The van der Waals surface area contributed by atoms with Crippen molar-refractivity contribution in [3.63, 3.8) is 0 Å². The zero-order valence-corrected chi connectivity index (χ0v) is 15.8. The zero-order valence-electron chi connectivity index (χ0n) is 15.0. The Bertz CT molecular complexity index is 999. The smallest absolute Gasteiger partial charge is 0.279 e. The minimum atomic E-state index is -0.247. The molecule has 0 aliphatic carbocycles. The number of rotatable bonds is 4. The van der Waals surface area contributed by atoms with Gasteiger partial charge in [0.2, 0.25) is 0 Å². The molecule has 0 saturated heterocycles. The molecule has 0 aliphatic rings. The van der Waals surface area contributed by atoms with Crippen LogP contribution in [0, 0.1) is 13.8 Å². The van der Waals surface area contributed by atoms with Gasteiger partial charge < -0.3 is 9.30 Å². The van der Waals surface area contributed by atoms with E-state index in [0.29, 0.717) is 11.3 Å². The second-order valence-corrected chi connectivity index (χ2v) is 7.10. The van der Waals surface area contributed by atoms with Gasteiger partial charge in [-0.25, -0.2) is 0 Å². The van der Waals surface area contributed by atoms with E-state index < -0.39 is 0 Å². The summed E-state index contributed by atoms with van der Waals surface area (Å²) >= 11 is 1.56. The average Bonchev–Trinajstić information content (AvgIpc) is 2.92. The highest BCUT2D eigenvalue weighted by atomic mass is 32.1. The second kappa shape index (κ2) is 7.23. The van der Waals surface area contributed by atoms with E-state index in [1.54, 1.807) is 36.6 Å². The normalized spacial score (nSPS) is 11.9. The number of thiazole rings is 1. The Hall–Kier alpha value is -2.40. The Morgan fingerprint density at radius 3 is 2.68 bits per heavy atom. The molecule has 4 nitrogen and oxygen atoms in total. The van der Waals surface area contributed by atoms with Gasteiger partial charge in [-0.3, -0.25) is 4.79 Å². The number of aromatic nitrogens is 1. The third kappa shape index (κ3) is 3.51. The predicted octanol–water partition coefficient (Wildman–Crippen LogP) is 4.48. The molecule has 1 heterocycles. The van der Waals surface area contributed by atoms with E-state index in [-0.39, 0.29) is 5.91 Å². The quantitative estimate of drug-likeness (QED) is 0.693. The van der Waals surface area contributed by atoms with Crippen molar-refractivity contribution in [3.8, 4) is 5.75 Å². The first-order valence-corrected chi connectivity index (χ1v) is 9.19. The molecule has 2 aromatic carbocycles. The Morgan fingerprint density at radius 1 is 1.20 bits per heavy atom. The second-order valence-electron chi connectivity index (χ2n) is 6.09. The number of methoxy groups -OCH3 is 1. The minimum Gasteiger partial charge on any atom is -0.497 e. The Balaban J connectivity index is 2.14. The first kappa shape index (κ1) is 17.4. The summed E-state index contributed by atoms with van der Waals surface area (Å²) < 4.78 is 8.50. The van der Waals surface area contributed by atoms with Crippen LogP contribution in [-0.4, -0.2) is 17.6 Å². The number of amides is 1. The molecular formula is C20H22N2O2S. The number of fused-ring (bicyclic) bond motifs is 1. The van der Waals surface area contributed by atoms with Crippen LogP contribution in [0.3, 0.4) is 0 Å². The highest BCUT2D eigenvalue weighted by Gasteiger charge is 2.11. The van der Waals surface area contributed by atoms with Gasteiger partial charge in [0.05, 0.1) is 17.3 Å². The van der Waals surface area contributed by atoms with E-state index in [9.17, 15) is 4.79 Å². The van der Waals surface area contributed by atoms with E-state index in [1.807, 2.05) is 6.07 Å². The summed E-state index contributed by atoms with van der Waals surface area (Å²) in [5.74, 6) is 0.411. The molecule has 1 aromatic heterocycles. The summed E-state index contributed by atoms with van der Waals surface area (Å²) in [6.07, 6.45) is 0.985. The van der Waals surface area contributed by atoms with Crippen LogP contribution in [0.4, 0.5) is 0 Å². The van der Waals surface area contributed by atoms with Crippen molar-refractivity contribution in [3.05, 3.63) is 57.9 Å². The molecule has 0 aliphatic heterocycles. The molecule has 0 saturated carbocycles. The first-order valence-electron chi connectivity index (χ1n) is 8.37. The molecule has 0 radical (unpaired) electrons. The van der Waals surface area contributed by atoms with Crippen molar-refractivity contribution in [2.45, 2.75) is 33.7 Å². The number of hydrogen-bond acceptors (Lipinski definition) is 3. The van der Waals surface area contributed by atoms with E-state index in [1.165, 1.54) is 11.1 Å². The number of aryl methyl sites for hydroxylation is 3. The highest BCUT2D eigenvalue weighted by Crippen LogP contribution is 2.22. The fourth-order valence-corrected chi connectivity index (χ4v) is 3.89. The third-order valence-electron chi connectivity index (χ3n) is 4.26. The molecule has 130 valence electrons. The van der Waals surface area contributed by atoms with Crippen LogP contribution in [0.2, 0.25) is 0 Å². The van der Waals surface area contributed by atoms with Crippen LogP contribution in [0.5, 0.6) is 5.75 Å². The molecule has 0 N–H and O–H groups in total. The fraction of sp³-hybridized carbons (Fsp3) is 0.300. The van der Waals surface area contributed by atoms with E-state index in [2.05, 4.69) is 42.5 Å². The van der Waals surface area contributed by atoms with Gasteiger partial charge in [-0.05, 0) is 61.7 Å². The van der Waals surface area contributed by atoms with Crippen LogP contribution in [-0.2, 0) is 6.54 Å². The van der Waals surface area contributed by atoms with Crippen molar-refractivity contribution in [2.24, 2.45) is 4.99 Å². The van der Waals surface area contributed by atoms with E-state index in [4.69, 9.17) is 4.74 Å². The SMILES string of the molecule is CCCn1c(=NC(=O)c2cccc(OC)c2)sc2cc(C)c(C)cc21. The maximum absolute atomic E-state index is 12.6. The zero-order chi connectivity index (χ0) is 18.0. The summed E-state index contributed by atoms with van der Waals surface area (Å²) in [7, 11) is 1.59. The van der Waals surface area contributed by atoms with Crippen molar-refractivity contribution in [1.82, 2.24) is 4.57 Å². The molecule has 1 amide bonds. The Morgan fingerprint density at radius 2 is 1.96 bits per heavy atom. The largest absolute Gasteiger partial charge is 0.497 e. The standard InChI is InChI=1S/C20H22N2O2S/c1-5-9-22-17-10-13(2)14(3)11-18(17)25-20(22)21-19(23)15-7-6-8-16(12-15)24-4/h6-8,10-12H,5,9H2,1-4H3. The van der Waals surface area contributed by atoms with E-state index in [0.717, 1.165) is 28.0 Å². The summed E-state index contributed by atoms with van der Waals surface area (Å²) in [5.41, 5.74) is 4.18. The maximum atomic E-state index is 12.6. The molecule has 0 spiro atoms. The summed E-state index contributed by atoms with van der Waals surface area (Å²) in [5, 5.41) is 0. The molecule has 0 unspecified atom stereocenters. The lowest BCUT2D eigenvalue weighted by Crippen LogP contribution is -2.17. The van der Waals surface area contributed by atoms with Crippen LogP contribution in [0.1, 0.15) is 34.8 Å². The van der Waals surface area contributed by atoms with E-state index >= 15 is 0 Å². The van der Waals surface area contributed by atoms with Crippen molar-refractivity contribution < 1.29 is 9.53 Å². The molecule has 3 aromatic rings. The van der Waals surface area contributed by atoms with Gasteiger partial charge in [0.1, 0.15) is 5.75 Å². The predicted molar refractivity (Wildman–Crippen MR) is 102 cm³/mol. The van der Waals surface area contributed by atoms with Crippen molar-refractivity contribution in [2.75, 3.05) is 7.11 Å². The lowest BCUT2D eigenvalue weighted by molar-refractivity contribution is 0.0997. The summed E-state index contributed by atoms with van der Waals surface area (Å²) in [6.45, 7) is 7.19. The number of nitrogens with zero attached hydrogens (tertiary/aromatic N) is 2. The molecule has 25 heavy (non-hydrogen) atoms. The first-order chi connectivity index (χ1) is 12.0. The van der Waals surface area contributed by atoms with Crippen molar-refractivity contribution in [1.29, 1.82) is 0 Å². The molecule has 0 atom stereocenters. The topological polar surface area (TPSA) is 43.6 Å². The van der Waals surface area contributed by atoms with Gasteiger partial charge in [0.15, 0.2) is 4.80 Å². The number of carbonyl (C=O) groups excluding carboxylic acids is 1. The molecule has 3 rings (SSSR count). The van der Waals surface area contributed by atoms with Gasteiger partial charge >= 0.3 is 0 Å². The van der Waals surface area contributed by atoms with Crippen molar-refractivity contribution >= 4 is 27.5 Å². The summed E-state index contributed by atoms with van der Waals surface area (Å²) in [4.78, 5) is 17.8. The van der Waals surface area contributed by atoms with Crippen LogP contribution >= 0.6 is 11.3 Å². The lowest BCUT2D eigenvalue weighted by Gasteiger charge is -2.05. The van der Waals surface area contributed by atoms with Crippen LogP contribution in [0.15, 0.2) is 41.4 Å². The number of benzene rings is 2. The molecular weight excluding hydrogens is 332 g/mol. The fourth-order valence-electron chi connectivity index (χ4n) is 2.75. The van der Waals surface area contributed by atoms with Gasteiger partial charge in [-0.2, -0.15) is 4.99 Å². The number of ether oxygens (including phenoxy) is 1. The molecule has 5 heteroatoms. The highest BCUT2D eigenvalue weighted by molar-refractivity contribution is 7.16. The van der Waals surface area contributed by atoms with Gasteiger partial charge in [-0.1, -0.05) is 24.3 Å². The minimum absolute atomic E-state index is 0.247. The van der Waals surface area contributed by atoms with Crippen LogP contribution < -0.4 is 9.54 Å². The summed E-state index contributed by atoms with van der Waals surface area (Å²) in [6, 6.07) is 11.5. The Kier molecular flexibility index (Phi) is 5.04. The monoisotopic (exact) mass is 354 g/mol. The third-order valence-corrected chi connectivity index (χ3v) is 5.30. The van der Waals surface area contributed by atoms with Crippen LogP contribution in [0.25, 0.3) is 10.2 Å². The molecule has 0 bridgehead atoms. The van der Waals surface area contributed by atoms with Gasteiger partial charge in [0, 0.05) is 12.1 Å². The van der Waals surface area contributed by atoms with Gasteiger partial charge in [0.25, 0.3) is 5.91 Å². The maximum Gasteiger partial charge on any atom is 0.279 e. The average molecular weight is 354 g/mol. The number of carbonyl (C=O) groups is 1. The lowest BCUT2D eigenvalue weighted by atomic mass is 10.1. The molecule has 0 fully saturated rings.